The monoisotopic (exact) mass is 325 g/mol. The Morgan fingerprint density at radius 3 is 2.89 bits per heavy atom. The Kier molecular flexibility index (Phi) is 4.91. The third kappa shape index (κ3) is 3.51. The zero-order valence-corrected chi connectivity index (χ0v) is 13.5. The largest absolute Gasteiger partial charge is 0.497 e. The normalized spacial score (nSPS) is 27.3. The smallest absolute Gasteiger partial charge is 0.119 e. The van der Waals surface area contributed by atoms with E-state index in [0.29, 0.717) is 0 Å². The summed E-state index contributed by atoms with van der Waals surface area (Å²) in [7, 11) is 1.72. The van der Waals surface area contributed by atoms with Crippen molar-refractivity contribution < 1.29 is 4.74 Å². The highest BCUT2D eigenvalue weighted by molar-refractivity contribution is 9.10. The summed E-state index contributed by atoms with van der Waals surface area (Å²) in [6, 6.07) is 6.21. The summed E-state index contributed by atoms with van der Waals surface area (Å²) in [5.41, 5.74) is 7.71. The molecule has 1 aliphatic rings. The van der Waals surface area contributed by atoms with E-state index < -0.39 is 0 Å². The van der Waals surface area contributed by atoms with Crippen molar-refractivity contribution in [2.45, 2.75) is 39.0 Å². The summed E-state index contributed by atoms with van der Waals surface area (Å²) in [6.45, 7) is 3.13. The molecule has 19 heavy (non-hydrogen) atoms. The predicted octanol–water partition coefficient (Wildman–Crippen LogP) is 4.16. The molecule has 2 unspecified atom stereocenters. The number of halogens is 1. The van der Waals surface area contributed by atoms with Crippen LogP contribution in [0.25, 0.3) is 0 Å². The van der Waals surface area contributed by atoms with E-state index in [0.717, 1.165) is 24.6 Å². The number of nitrogens with two attached hydrogens (primary N) is 1. The molecular weight excluding hydrogens is 302 g/mol. The summed E-state index contributed by atoms with van der Waals surface area (Å²) >= 11 is 3.66. The van der Waals surface area contributed by atoms with Crippen LogP contribution < -0.4 is 10.5 Å². The van der Waals surface area contributed by atoms with E-state index in [1.54, 1.807) is 7.11 Å². The van der Waals surface area contributed by atoms with Gasteiger partial charge in [-0.25, -0.2) is 0 Å². The minimum absolute atomic E-state index is 0.270. The molecule has 3 heteroatoms. The molecule has 1 aromatic rings. The van der Waals surface area contributed by atoms with Crippen molar-refractivity contribution >= 4 is 15.9 Å². The van der Waals surface area contributed by atoms with E-state index >= 15 is 0 Å². The van der Waals surface area contributed by atoms with Crippen LogP contribution in [-0.4, -0.2) is 13.7 Å². The van der Waals surface area contributed by atoms with Crippen LogP contribution in [0.1, 0.15) is 38.2 Å². The lowest BCUT2D eigenvalue weighted by Gasteiger charge is -2.39. The molecular formula is C16H24BrNO. The van der Waals surface area contributed by atoms with Gasteiger partial charge in [-0.2, -0.15) is 0 Å². The molecule has 1 saturated carbocycles. The summed E-state index contributed by atoms with van der Waals surface area (Å²) in [5.74, 6) is 1.72. The van der Waals surface area contributed by atoms with Gasteiger partial charge in [0, 0.05) is 4.47 Å². The zero-order valence-electron chi connectivity index (χ0n) is 11.9. The fourth-order valence-electron chi connectivity index (χ4n) is 3.40. The number of rotatable bonds is 4. The molecule has 2 rings (SSSR count). The molecule has 1 aromatic carbocycles. The Balaban J connectivity index is 2.22. The van der Waals surface area contributed by atoms with Gasteiger partial charge in [0.15, 0.2) is 0 Å². The summed E-state index contributed by atoms with van der Waals surface area (Å²) < 4.78 is 6.50. The van der Waals surface area contributed by atoms with E-state index in [4.69, 9.17) is 10.5 Å². The van der Waals surface area contributed by atoms with Gasteiger partial charge < -0.3 is 10.5 Å². The van der Waals surface area contributed by atoms with Crippen LogP contribution in [0.2, 0.25) is 0 Å². The molecule has 106 valence electrons. The SMILES string of the molecule is COc1ccc(Br)c(CC2(CN)CCCC(C)C2)c1. The van der Waals surface area contributed by atoms with Crippen molar-refractivity contribution in [1.82, 2.24) is 0 Å². The maximum absolute atomic E-state index is 6.12. The lowest BCUT2D eigenvalue weighted by Crippen LogP contribution is -2.37. The van der Waals surface area contributed by atoms with Crippen molar-refractivity contribution in [3.8, 4) is 5.75 Å². The Morgan fingerprint density at radius 1 is 1.47 bits per heavy atom. The molecule has 2 N–H and O–H groups in total. The van der Waals surface area contributed by atoms with Crippen LogP contribution in [0.3, 0.4) is 0 Å². The minimum Gasteiger partial charge on any atom is -0.497 e. The lowest BCUT2D eigenvalue weighted by atomic mass is 9.67. The van der Waals surface area contributed by atoms with Crippen LogP contribution in [0.15, 0.2) is 22.7 Å². The summed E-state index contributed by atoms with van der Waals surface area (Å²) in [4.78, 5) is 0. The molecule has 1 fully saturated rings. The van der Waals surface area contributed by atoms with Crippen LogP contribution in [0.5, 0.6) is 5.75 Å². The highest BCUT2D eigenvalue weighted by Gasteiger charge is 2.34. The van der Waals surface area contributed by atoms with Gasteiger partial charge in [0.05, 0.1) is 7.11 Å². The van der Waals surface area contributed by atoms with Crippen molar-refractivity contribution in [1.29, 1.82) is 0 Å². The molecule has 0 amide bonds. The molecule has 0 aromatic heterocycles. The summed E-state index contributed by atoms with van der Waals surface area (Å²) in [6.07, 6.45) is 6.19. The highest BCUT2D eigenvalue weighted by Crippen LogP contribution is 2.42. The number of benzene rings is 1. The van der Waals surface area contributed by atoms with E-state index in [9.17, 15) is 0 Å². The maximum atomic E-state index is 6.12. The second kappa shape index (κ2) is 6.27. The molecule has 0 spiro atoms. The van der Waals surface area contributed by atoms with E-state index in [-0.39, 0.29) is 5.41 Å². The van der Waals surface area contributed by atoms with Crippen molar-refractivity contribution in [3.05, 3.63) is 28.2 Å². The van der Waals surface area contributed by atoms with Gasteiger partial charge >= 0.3 is 0 Å². The van der Waals surface area contributed by atoms with Gasteiger partial charge in [-0.05, 0) is 60.9 Å². The first-order valence-electron chi connectivity index (χ1n) is 7.11. The fraction of sp³-hybridized carbons (Fsp3) is 0.625. The highest BCUT2D eigenvalue weighted by atomic mass is 79.9. The number of hydrogen-bond acceptors (Lipinski definition) is 2. The lowest BCUT2D eigenvalue weighted by molar-refractivity contribution is 0.153. The molecule has 2 nitrogen and oxygen atoms in total. The molecule has 1 aliphatic carbocycles. The Labute approximate surface area is 124 Å². The number of methoxy groups -OCH3 is 1. The van der Waals surface area contributed by atoms with Gasteiger partial charge in [0.25, 0.3) is 0 Å². The van der Waals surface area contributed by atoms with Gasteiger partial charge in [-0.3, -0.25) is 0 Å². The Hall–Kier alpha value is -0.540. The van der Waals surface area contributed by atoms with Gasteiger partial charge in [0.2, 0.25) is 0 Å². The number of hydrogen-bond donors (Lipinski definition) is 1. The molecule has 0 bridgehead atoms. The van der Waals surface area contributed by atoms with Crippen molar-refractivity contribution in [2.75, 3.05) is 13.7 Å². The van der Waals surface area contributed by atoms with Crippen LogP contribution in [0.4, 0.5) is 0 Å². The van der Waals surface area contributed by atoms with Gasteiger partial charge in [0.1, 0.15) is 5.75 Å². The Morgan fingerprint density at radius 2 is 2.26 bits per heavy atom. The first kappa shape index (κ1) is 14.9. The predicted molar refractivity (Wildman–Crippen MR) is 83.5 cm³/mol. The summed E-state index contributed by atoms with van der Waals surface area (Å²) in [5, 5.41) is 0. The molecule has 0 aliphatic heterocycles. The van der Waals surface area contributed by atoms with E-state index in [1.165, 1.54) is 35.7 Å². The maximum Gasteiger partial charge on any atom is 0.119 e. The van der Waals surface area contributed by atoms with E-state index in [2.05, 4.69) is 35.0 Å². The fourth-order valence-corrected chi connectivity index (χ4v) is 3.79. The second-order valence-electron chi connectivity index (χ2n) is 6.04. The van der Waals surface area contributed by atoms with Crippen molar-refractivity contribution in [2.24, 2.45) is 17.1 Å². The van der Waals surface area contributed by atoms with E-state index in [1.807, 2.05) is 6.07 Å². The standard InChI is InChI=1S/C16H24BrNO/c1-12-4-3-7-16(9-12,11-18)10-13-8-14(19-2)5-6-15(13)17/h5-6,8,12H,3-4,7,9-11,18H2,1-2H3. The molecule has 0 radical (unpaired) electrons. The molecule has 0 heterocycles. The Bertz CT molecular complexity index is 435. The third-order valence-corrected chi connectivity index (χ3v) is 5.21. The molecule has 2 atom stereocenters. The topological polar surface area (TPSA) is 35.2 Å². The minimum atomic E-state index is 0.270. The van der Waals surface area contributed by atoms with Crippen LogP contribution >= 0.6 is 15.9 Å². The third-order valence-electron chi connectivity index (χ3n) is 4.44. The zero-order chi connectivity index (χ0) is 13.9. The number of ether oxygens (including phenoxy) is 1. The van der Waals surface area contributed by atoms with Crippen molar-refractivity contribution in [3.63, 3.8) is 0 Å². The second-order valence-corrected chi connectivity index (χ2v) is 6.89. The average Bonchev–Trinajstić information content (AvgIpc) is 2.41. The van der Waals surface area contributed by atoms with Gasteiger partial charge in [-0.1, -0.05) is 35.7 Å². The molecule has 0 saturated heterocycles. The first-order valence-corrected chi connectivity index (χ1v) is 7.90. The quantitative estimate of drug-likeness (QED) is 0.902. The van der Waals surface area contributed by atoms with Gasteiger partial charge in [-0.15, -0.1) is 0 Å². The first-order chi connectivity index (χ1) is 9.08. The van der Waals surface area contributed by atoms with Crippen LogP contribution in [0, 0.1) is 11.3 Å². The average molecular weight is 326 g/mol. The van der Waals surface area contributed by atoms with Crippen LogP contribution in [-0.2, 0) is 6.42 Å².